The Balaban J connectivity index is 1.81. The summed E-state index contributed by atoms with van der Waals surface area (Å²) in [7, 11) is 0. The van der Waals surface area contributed by atoms with Crippen LogP contribution in [0.1, 0.15) is 37.4 Å². The zero-order valence-corrected chi connectivity index (χ0v) is 10.8. The van der Waals surface area contributed by atoms with Gasteiger partial charge in [-0.2, -0.15) is 18.2 Å². The lowest BCUT2D eigenvalue weighted by Gasteiger charge is -2.18. The Morgan fingerprint density at radius 2 is 2.15 bits per heavy atom. The number of ketones is 1. The zero-order chi connectivity index (χ0) is 14.6. The fourth-order valence-electron chi connectivity index (χ4n) is 2.17. The summed E-state index contributed by atoms with van der Waals surface area (Å²) in [6.07, 6.45) is -0.755. The average molecular weight is 292 g/mol. The van der Waals surface area contributed by atoms with Crippen LogP contribution in [0.4, 0.5) is 13.2 Å². The normalized spacial score (nSPS) is 20.4. The number of carbonyl (C=O) groups excluding carboxylic acids is 1. The molecule has 0 bridgehead atoms. The average Bonchev–Trinajstić information content (AvgIpc) is 2.78. The highest BCUT2D eigenvalue weighted by Gasteiger charge is 2.28. The number of alkyl halides is 3. The van der Waals surface area contributed by atoms with Crippen molar-refractivity contribution in [2.24, 2.45) is 5.92 Å². The van der Waals surface area contributed by atoms with E-state index in [2.05, 4.69) is 14.9 Å². The van der Waals surface area contributed by atoms with Gasteiger partial charge in [0, 0.05) is 18.8 Å². The molecule has 0 amide bonds. The van der Waals surface area contributed by atoms with E-state index in [1.807, 2.05) is 0 Å². The van der Waals surface area contributed by atoms with Crippen LogP contribution in [0.3, 0.4) is 0 Å². The van der Waals surface area contributed by atoms with Crippen molar-refractivity contribution in [3.8, 4) is 0 Å². The van der Waals surface area contributed by atoms with Crippen LogP contribution in [0.15, 0.2) is 4.52 Å². The van der Waals surface area contributed by atoms with Gasteiger partial charge < -0.3 is 9.26 Å². The van der Waals surface area contributed by atoms with E-state index in [1.54, 1.807) is 0 Å². The molecule has 1 aromatic rings. The van der Waals surface area contributed by atoms with Gasteiger partial charge in [0.2, 0.25) is 5.89 Å². The van der Waals surface area contributed by atoms with Gasteiger partial charge >= 0.3 is 6.18 Å². The molecule has 0 aliphatic heterocycles. The van der Waals surface area contributed by atoms with Crippen LogP contribution < -0.4 is 0 Å². The minimum Gasteiger partial charge on any atom is -0.364 e. The first-order chi connectivity index (χ1) is 9.44. The smallest absolute Gasteiger partial charge is 0.364 e. The van der Waals surface area contributed by atoms with Crippen LogP contribution >= 0.6 is 0 Å². The summed E-state index contributed by atoms with van der Waals surface area (Å²) in [6, 6.07) is 0. The van der Waals surface area contributed by atoms with Gasteiger partial charge in [0.1, 0.15) is 19.0 Å². The Hall–Kier alpha value is -1.44. The molecule has 1 atom stereocenters. The number of halogens is 3. The Labute approximate surface area is 113 Å². The highest BCUT2D eigenvalue weighted by molar-refractivity contribution is 5.81. The van der Waals surface area contributed by atoms with E-state index in [4.69, 9.17) is 4.52 Å². The molecule has 0 saturated heterocycles. The topological polar surface area (TPSA) is 65.2 Å². The Morgan fingerprint density at radius 1 is 1.35 bits per heavy atom. The van der Waals surface area contributed by atoms with Crippen molar-refractivity contribution in [2.75, 3.05) is 6.61 Å². The third-order valence-corrected chi connectivity index (χ3v) is 3.11. The number of aromatic nitrogens is 2. The second kappa shape index (κ2) is 6.34. The van der Waals surface area contributed by atoms with E-state index in [0.717, 1.165) is 19.3 Å². The molecular formula is C12H15F3N2O3. The van der Waals surface area contributed by atoms with Crippen LogP contribution in [0.25, 0.3) is 0 Å². The first kappa shape index (κ1) is 15.0. The molecule has 1 heterocycles. The zero-order valence-electron chi connectivity index (χ0n) is 10.8. The highest BCUT2D eigenvalue weighted by atomic mass is 19.4. The first-order valence-electron chi connectivity index (χ1n) is 6.43. The molecule has 1 saturated carbocycles. The molecule has 8 heteroatoms. The van der Waals surface area contributed by atoms with Gasteiger partial charge in [-0.25, -0.2) is 0 Å². The van der Waals surface area contributed by atoms with Crippen LogP contribution in [0.2, 0.25) is 0 Å². The molecule has 1 aliphatic rings. The predicted octanol–water partition coefficient (Wildman–Crippen LogP) is 2.45. The number of nitrogens with zero attached hydrogens (tertiary/aromatic N) is 2. The van der Waals surface area contributed by atoms with Gasteiger partial charge in [0.05, 0.1) is 0 Å². The molecule has 1 fully saturated rings. The fraction of sp³-hybridized carbons (Fsp3) is 0.750. The van der Waals surface area contributed by atoms with Crippen molar-refractivity contribution in [1.29, 1.82) is 0 Å². The summed E-state index contributed by atoms with van der Waals surface area (Å²) >= 11 is 0. The van der Waals surface area contributed by atoms with Crippen LogP contribution in [0.5, 0.6) is 0 Å². The predicted molar refractivity (Wildman–Crippen MR) is 60.7 cm³/mol. The van der Waals surface area contributed by atoms with Crippen LogP contribution in [-0.4, -0.2) is 28.7 Å². The second-order valence-electron chi connectivity index (χ2n) is 4.83. The quantitative estimate of drug-likeness (QED) is 0.834. The van der Waals surface area contributed by atoms with Crippen molar-refractivity contribution in [3.05, 3.63) is 11.7 Å². The molecule has 0 radical (unpaired) electrons. The summed E-state index contributed by atoms with van der Waals surface area (Å²) in [6.45, 7) is -1.71. The molecule has 0 aromatic carbocycles. The van der Waals surface area contributed by atoms with E-state index in [1.165, 1.54) is 0 Å². The van der Waals surface area contributed by atoms with E-state index in [-0.39, 0.29) is 30.0 Å². The third kappa shape index (κ3) is 4.59. The van der Waals surface area contributed by atoms with E-state index < -0.39 is 12.8 Å². The summed E-state index contributed by atoms with van der Waals surface area (Å²) in [5.41, 5.74) is 0. The molecule has 1 aromatic heterocycles. The van der Waals surface area contributed by atoms with Gasteiger partial charge in [0.15, 0.2) is 5.82 Å². The Kier molecular flexibility index (Phi) is 4.74. The minimum atomic E-state index is -4.37. The van der Waals surface area contributed by atoms with E-state index in [0.29, 0.717) is 12.8 Å². The van der Waals surface area contributed by atoms with Gasteiger partial charge in [-0.15, -0.1) is 0 Å². The van der Waals surface area contributed by atoms with E-state index in [9.17, 15) is 18.0 Å². The molecule has 0 spiro atoms. The molecular weight excluding hydrogens is 277 g/mol. The third-order valence-electron chi connectivity index (χ3n) is 3.11. The molecule has 0 N–H and O–H groups in total. The first-order valence-corrected chi connectivity index (χ1v) is 6.43. The maximum absolute atomic E-state index is 11.9. The monoisotopic (exact) mass is 292 g/mol. The largest absolute Gasteiger partial charge is 0.411 e. The number of ether oxygens (including phenoxy) is 1. The fourth-order valence-corrected chi connectivity index (χ4v) is 2.17. The second-order valence-corrected chi connectivity index (χ2v) is 4.83. The number of carbonyl (C=O) groups is 1. The van der Waals surface area contributed by atoms with Gasteiger partial charge in [0.25, 0.3) is 0 Å². The number of Topliss-reactive ketones (excluding diaryl/α,β-unsaturated/α-hetero) is 1. The molecule has 1 aliphatic carbocycles. The van der Waals surface area contributed by atoms with Crippen molar-refractivity contribution in [2.45, 2.75) is 44.9 Å². The lowest BCUT2D eigenvalue weighted by atomic mass is 9.86. The lowest BCUT2D eigenvalue weighted by Crippen LogP contribution is -2.21. The molecule has 112 valence electrons. The summed E-state index contributed by atoms with van der Waals surface area (Å²) in [4.78, 5) is 15.6. The Bertz CT molecular complexity index is 459. The highest BCUT2D eigenvalue weighted by Crippen LogP contribution is 2.23. The molecule has 1 unspecified atom stereocenters. The van der Waals surface area contributed by atoms with Crippen molar-refractivity contribution < 1.29 is 27.2 Å². The van der Waals surface area contributed by atoms with Crippen molar-refractivity contribution in [1.82, 2.24) is 10.1 Å². The SMILES string of the molecule is O=C1CCCCC1Cc1nc(COCC(F)(F)F)no1. The minimum absolute atomic E-state index is 0.0625. The van der Waals surface area contributed by atoms with Gasteiger partial charge in [-0.3, -0.25) is 4.79 Å². The van der Waals surface area contributed by atoms with E-state index >= 15 is 0 Å². The maximum atomic E-state index is 11.9. The van der Waals surface area contributed by atoms with Crippen LogP contribution in [0, 0.1) is 5.92 Å². The summed E-state index contributed by atoms with van der Waals surface area (Å²) in [5, 5.41) is 3.54. The number of hydrogen-bond donors (Lipinski definition) is 0. The van der Waals surface area contributed by atoms with Crippen molar-refractivity contribution in [3.63, 3.8) is 0 Å². The summed E-state index contributed by atoms with van der Waals surface area (Å²) in [5.74, 6) is 0.404. The lowest BCUT2D eigenvalue weighted by molar-refractivity contribution is -0.177. The molecule has 2 rings (SSSR count). The van der Waals surface area contributed by atoms with Gasteiger partial charge in [-0.1, -0.05) is 11.6 Å². The van der Waals surface area contributed by atoms with Gasteiger partial charge in [-0.05, 0) is 12.8 Å². The standard InChI is InChI=1S/C12H15F3N2O3/c13-12(14,15)7-19-6-10-16-11(20-17-10)5-8-3-1-2-4-9(8)18/h8H,1-7H2. The number of hydrogen-bond acceptors (Lipinski definition) is 5. The van der Waals surface area contributed by atoms with Crippen molar-refractivity contribution >= 4 is 5.78 Å². The Morgan fingerprint density at radius 3 is 2.85 bits per heavy atom. The maximum Gasteiger partial charge on any atom is 0.411 e. The number of rotatable bonds is 5. The van der Waals surface area contributed by atoms with Crippen LogP contribution in [-0.2, 0) is 22.6 Å². The molecule has 5 nitrogen and oxygen atoms in total. The molecule has 20 heavy (non-hydrogen) atoms. The summed E-state index contributed by atoms with van der Waals surface area (Å²) < 4.78 is 45.0.